The van der Waals surface area contributed by atoms with Crippen molar-refractivity contribution in [1.29, 1.82) is 0 Å². The Labute approximate surface area is 193 Å². The number of carboxylic acids is 1. The van der Waals surface area contributed by atoms with Crippen LogP contribution in [-0.4, -0.2) is 50.6 Å². The van der Waals surface area contributed by atoms with Gasteiger partial charge in [-0.3, -0.25) is 4.72 Å². The third-order valence-corrected chi connectivity index (χ3v) is 9.41. The number of hydrogen-bond acceptors (Lipinski definition) is 5. The van der Waals surface area contributed by atoms with Crippen LogP contribution in [0, 0.1) is 17.8 Å². The van der Waals surface area contributed by atoms with Gasteiger partial charge in [0.1, 0.15) is 11.3 Å². The SMILES string of the molecule is O=C(O)c1c(NS(=O)(=O)c2ccccc2C[C@@H]2CN3CCC2CC3)ccc2c1OC[C@H]1C[C@@H]21. The molecular formula is C25H28N2O5S. The van der Waals surface area contributed by atoms with Crippen molar-refractivity contribution in [2.45, 2.75) is 36.5 Å². The zero-order valence-corrected chi connectivity index (χ0v) is 19.2. The van der Waals surface area contributed by atoms with E-state index in [0.29, 0.717) is 42.4 Å². The predicted octanol–water partition coefficient (Wildman–Crippen LogP) is 3.57. The molecule has 0 spiro atoms. The topological polar surface area (TPSA) is 95.9 Å². The second-order valence-electron chi connectivity index (χ2n) is 9.94. The average Bonchev–Trinajstić information content (AvgIpc) is 3.60. The Morgan fingerprint density at radius 1 is 1.12 bits per heavy atom. The number of nitrogens with one attached hydrogen (secondary N) is 1. The largest absolute Gasteiger partial charge is 0.492 e. The fourth-order valence-corrected chi connectivity index (χ4v) is 7.41. The van der Waals surface area contributed by atoms with Crippen molar-refractivity contribution in [3.8, 4) is 5.75 Å². The van der Waals surface area contributed by atoms with Gasteiger partial charge in [-0.25, -0.2) is 13.2 Å². The Kier molecular flexibility index (Phi) is 4.92. The lowest BCUT2D eigenvalue weighted by molar-refractivity contribution is 0.0510. The summed E-state index contributed by atoms with van der Waals surface area (Å²) in [6.07, 6.45) is 4.05. The first-order valence-electron chi connectivity index (χ1n) is 11.8. The summed E-state index contributed by atoms with van der Waals surface area (Å²) in [5.41, 5.74) is 1.61. The van der Waals surface area contributed by atoms with Gasteiger partial charge < -0.3 is 14.7 Å². The highest BCUT2D eigenvalue weighted by atomic mass is 32.2. The number of hydrogen-bond donors (Lipinski definition) is 2. The van der Waals surface area contributed by atoms with Crippen molar-refractivity contribution in [1.82, 2.24) is 4.90 Å². The van der Waals surface area contributed by atoms with Crippen LogP contribution in [0.4, 0.5) is 5.69 Å². The lowest BCUT2D eigenvalue weighted by Gasteiger charge is -2.45. The molecule has 3 atom stereocenters. The molecule has 1 saturated carbocycles. The van der Waals surface area contributed by atoms with Gasteiger partial charge >= 0.3 is 5.97 Å². The number of piperidine rings is 3. The van der Waals surface area contributed by atoms with Gasteiger partial charge in [-0.15, -0.1) is 0 Å². The Bertz CT molecular complexity index is 1220. The molecule has 0 aromatic heterocycles. The molecule has 7 nitrogen and oxygen atoms in total. The van der Waals surface area contributed by atoms with Crippen LogP contribution in [-0.2, 0) is 16.4 Å². The van der Waals surface area contributed by atoms with Crippen molar-refractivity contribution in [2.24, 2.45) is 17.8 Å². The number of ether oxygens (including phenoxy) is 1. The van der Waals surface area contributed by atoms with E-state index in [4.69, 9.17) is 4.74 Å². The highest BCUT2D eigenvalue weighted by Gasteiger charge is 2.45. The summed E-state index contributed by atoms with van der Waals surface area (Å²) in [4.78, 5) is 14.8. The maximum Gasteiger partial charge on any atom is 0.341 e. The summed E-state index contributed by atoms with van der Waals surface area (Å²) in [6, 6.07) is 10.5. The lowest BCUT2D eigenvalue weighted by Crippen LogP contribution is -2.48. The molecule has 8 heteroatoms. The standard InChI is InChI=1S/C25H28N2O5S/c28-25(29)23-21(6-5-19-20-12-18(20)14-32-24(19)23)26-33(30,31)22-4-2-1-3-16(22)11-17-13-27-9-7-15(17)8-10-27/h1-6,15,17-18,20,26H,7-14H2,(H,28,29)/t17-,18-,20-/m1/s1. The minimum atomic E-state index is -3.98. The van der Waals surface area contributed by atoms with Crippen molar-refractivity contribution >= 4 is 21.7 Å². The van der Waals surface area contributed by atoms with Crippen molar-refractivity contribution < 1.29 is 23.1 Å². The van der Waals surface area contributed by atoms with Crippen molar-refractivity contribution in [3.05, 3.63) is 53.1 Å². The average molecular weight is 469 g/mol. The minimum absolute atomic E-state index is 0.0537. The van der Waals surface area contributed by atoms with E-state index in [-0.39, 0.29) is 16.1 Å². The molecule has 4 aliphatic heterocycles. The maximum atomic E-state index is 13.5. The van der Waals surface area contributed by atoms with E-state index in [1.165, 1.54) is 12.8 Å². The first kappa shape index (κ1) is 21.0. The van der Waals surface area contributed by atoms with Crippen LogP contribution in [0.2, 0.25) is 0 Å². The number of rotatable bonds is 6. The van der Waals surface area contributed by atoms with E-state index in [2.05, 4.69) is 9.62 Å². The smallest absolute Gasteiger partial charge is 0.341 e. The molecule has 1 aliphatic carbocycles. The van der Waals surface area contributed by atoms with Crippen LogP contribution in [0.25, 0.3) is 0 Å². The number of benzene rings is 2. The van der Waals surface area contributed by atoms with Crippen LogP contribution in [0.1, 0.15) is 46.7 Å². The number of fused-ring (bicyclic) bond motifs is 6. The van der Waals surface area contributed by atoms with E-state index >= 15 is 0 Å². The van der Waals surface area contributed by atoms with Crippen LogP contribution in [0.15, 0.2) is 41.3 Å². The number of nitrogens with zero attached hydrogens (tertiary/aromatic N) is 1. The number of carboxylic acid groups (broad SMARTS) is 1. The fraction of sp³-hybridized carbons (Fsp3) is 0.480. The van der Waals surface area contributed by atoms with E-state index in [9.17, 15) is 18.3 Å². The highest BCUT2D eigenvalue weighted by molar-refractivity contribution is 7.92. The molecule has 4 fully saturated rings. The molecule has 2 aromatic rings. The van der Waals surface area contributed by atoms with E-state index < -0.39 is 16.0 Å². The molecule has 4 heterocycles. The fourth-order valence-electron chi connectivity index (χ4n) is 6.08. The number of aromatic carboxylic acids is 1. The lowest BCUT2D eigenvalue weighted by atomic mass is 9.76. The molecule has 0 amide bonds. The van der Waals surface area contributed by atoms with Crippen molar-refractivity contribution in [3.63, 3.8) is 0 Å². The normalized spacial score (nSPS) is 29.5. The highest BCUT2D eigenvalue weighted by Crippen LogP contribution is 2.55. The van der Waals surface area contributed by atoms with Crippen LogP contribution >= 0.6 is 0 Å². The molecule has 2 aromatic carbocycles. The van der Waals surface area contributed by atoms with Gasteiger partial charge in [-0.05, 0) is 79.8 Å². The van der Waals surface area contributed by atoms with E-state index in [0.717, 1.165) is 37.2 Å². The Morgan fingerprint density at radius 3 is 2.64 bits per heavy atom. The van der Waals surface area contributed by atoms with Crippen LogP contribution in [0.5, 0.6) is 5.75 Å². The summed E-state index contributed by atoms with van der Waals surface area (Å²) < 4.78 is 35.3. The molecule has 3 saturated heterocycles. The molecule has 2 bridgehead atoms. The number of anilines is 1. The molecule has 5 aliphatic rings. The third kappa shape index (κ3) is 3.69. The van der Waals surface area contributed by atoms with E-state index in [1.54, 1.807) is 18.2 Å². The first-order valence-corrected chi connectivity index (χ1v) is 13.2. The number of sulfonamides is 1. The molecule has 2 N–H and O–H groups in total. The predicted molar refractivity (Wildman–Crippen MR) is 123 cm³/mol. The molecule has 7 rings (SSSR count). The van der Waals surface area contributed by atoms with Gasteiger partial charge in [0.25, 0.3) is 10.0 Å². The zero-order valence-electron chi connectivity index (χ0n) is 18.4. The number of carbonyl (C=O) groups is 1. The van der Waals surface area contributed by atoms with Crippen LogP contribution in [0.3, 0.4) is 0 Å². The quantitative estimate of drug-likeness (QED) is 0.673. The van der Waals surface area contributed by atoms with Crippen LogP contribution < -0.4 is 9.46 Å². The Morgan fingerprint density at radius 2 is 1.91 bits per heavy atom. The van der Waals surface area contributed by atoms with E-state index in [1.807, 2.05) is 18.2 Å². The summed E-state index contributed by atoms with van der Waals surface area (Å²) in [6.45, 7) is 3.78. The summed E-state index contributed by atoms with van der Waals surface area (Å²) in [5.74, 6) is 0.967. The second-order valence-corrected chi connectivity index (χ2v) is 11.6. The summed E-state index contributed by atoms with van der Waals surface area (Å²) >= 11 is 0. The summed E-state index contributed by atoms with van der Waals surface area (Å²) in [5, 5.41) is 9.90. The summed E-state index contributed by atoms with van der Waals surface area (Å²) in [7, 11) is -3.98. The van der Waals surface area contributed by atoms with Gasteiger partial charge in [-0.1, -0.05) is 24.3 Å². The molecule has 0 radical (unpaired) electrons. The molecule has 33 heavy (non-hydrogen) atoms. The van der Waals surface area contributed by atoms with Gasteiger partial charge in [0.05, 0.1) is 17.2 Å². The third-order valence-electron chi connectivity index (χ3n) is 7.95. The first-order chi connectivity index (χ1) is 15.9. The maximum absolute atomic E-state index is 13.5. The van der Waals surface area contributed by atoms with Gasteiger partial charge in [0.2, 0.25) is 0 Å². The van der Waals surface area contributed by atoms with Gasteiger partial charge in [-0.2, -0.15) is 0 Å². The molecule has 0 unspecified atom stereocenters. The van der Waals surface area contributed by atoms with Gasteiger partial charge in [0, 0.05) is 12.5 Å². The molecular weight excluding hydrogens is 440 g/mol. The monoisotopic (exact) mass is 468 g/mol. The Balaban J connectivity index is 1.32. The second kappa shape index (κ2) is 7.74. The minimum Gasteiger partial charge on any atom is -0.492 e. The molecule has 174 valence electrons. The zero-order chi connectivity index (χ0) is 22.7. The van der Waals surface area contributed by atoms with Gasteiger partial charge in [0.15, 0.2) is 0 Å². The van der Waals surface area contributed by atoms with Crippen molar-refractivity contribution in [2.75, 3.05) is 31.0 Å². The Hall–Kier alpha value is -2.58.